The van der Waals surface area contributed by atoms with E-state index in [0.29, 0.717) is 5.17 Å². The van der Waals surface area contributed by atoms with Crippen molar-refractivity contribution >= 4 is 16.8 Å². The molecule has 0 aliphatic heterocycles. The van der Waals surface area contributed by atoms with Gasteiger partial charge in [0.2, 0.25) is 0 Å². The molecule has 0 radical (unpaired) electrons. The molecule has 1 N–H and O–H groups in total. The van der Waals surface area contributed by atoms with Crippen molar-refractivity contribution in [2.24, 2.45) is 10.9 Å². The zero-order valence-electron chi connectivity index (χ0n) is 9.46. The van der Waals surface area contributed by atoms with Gasteiger partial charge in [-0.05, 0) is 31.8 Å². The molecular formula is C13H16ClNO. The number of aliphatic imine (C=N–C) groups is 1. The predicted octanol–water partition coefficient (Wildman–Crippen LogP) is 3.19. The van der Waals surface area contributed by atoms with Gasteiger partial charge in [0.05, 0.1) is 0 Å². The zero-order chi connectivity index (χ0) is 11.7. The van der Waals surface area contributed by atoms with Crippen molar-refractivity contribution in [1.82, 2.24) is 0 Å². The van der Waals surface area contributed by atoms with Gasteiger partial charge in [-0.15, -0.1) is 0 Å². The Morgan fingerprint density at radius 3 is 3.06 bits per heavy atom. The lowest BCUT2D eigenvalue weighted by molar-refractivity contribution is 0.247. The van der Waals surface area contributed by atoms with Gasteiger partial charge >= 0.3 is 0 Å². The van der Waals surface area contributed by atoms with Crippen LogP contribution in [0.15, 0.2) is 40.1 Å². The molecule has 0 saturated carbocycles. The number of hydrogen-bond donors (Lipinski definition) is 1. The summed E-state index contributed by atoms with van der Waals surface area (Å²) in [4.78, 5) is 4.06. The first-order valence-electron chi connectivity index (χ1n) is 5.56. The van der Waals surface area contributed by atoms with Crippen LogP contribution in [0.1, 0.15) is 26.2 Å². The van der Waals surface area contributed by atoms with Gasteiger partial charge in [0, 0.05) is 24.3 Å². The van der Waals surface area contributed by atoms with Crippen molar-refractivity contribution in [2.75, 3.05) is 6.61 Å². The van der Waals surface area contributed by atoms with Crippen molar-refractivity contribution in [3.8, 4) is 0 Å². The zero-order valence-corrected chi connectivity index (χ0v) is 10.2. The minimum Gasteiger partial charge on any atom is -0.396 e. The highest BCUT2D eigenvalue weighted by atomic mass is 35.5. The van der Waals surface area contributed by atoms with E-state index in [1.807, 2.05) is 0 Å². The van der Waals surface area contributed by atoms with E-state index in [2.05, 4.69) is 18.5 Å². The standard InChI is InChI=1S/C13H16ClNO/c1-3-15-13(14)11-8(2)6-9-4-5-10(7-16)12(9)11/h3,10,16H,1,4-7H2,2H3/b15-13+/t10-/m0/s1. The first kappa shape index (κ1) is 11.6. The lowest BCUT2D eigenvalue weighted by atomic mass is 9.95. The van der Waals surface area contributed by atoms with E-state index >= 15 is 0 Å². The summed E-state index contributed by atoms with van der Waals surface area (Å²) in [7, 11) is 0. The van der Waals surface area contributed by atoms with Gasteiger partial charge in [-0.25, -0.2) is 4.99 Å². The number of nitrogens with zero attached hydrogens (tertiary/aromatic N) is 1. The fourth-order valence-corrected chi connectivity index (χ4v) is 3.07. The number of aliphatic hydroxyl groups is 1. The minimum atomic E-state index is 0.202. The summed E-state index contributed by atoms with van der Waals surface area (Å²) in [5, 5.41) is 9.88. The van der Waals surface area contributed by atoms with Crippen molar-refractivity contribution in [2.45, 2.75) is 26.2 Å². The van der Waals surface area contributed by atoms with Crippen LogP contribution in [0.25, 0.3) is 0 Å². The number of hydrogen-bond acceptors (Lipinski definition) is 2. The predicted molar refractivity (Wildman–Crippen MR) is 67.6 cm³/mol. The van der Waals surface area contributed by atoms with E-state index in [9.17, 15) is 5.11 Å². The third kappa shape index (κ3) is 1.76. The second-order valence-electron chi connectivity index (χ2n) is 4.37. The van der Waals surface area contributed by atoms with Crippen LogP contribution < -0.4 is 0 Å². The average Bonchev–Trinajstić information content (AvgIpc) is 2.75. The molecule has 0 amide bonds. The lowest BCUT2D eigenvalue weighted by Crippen LogP contribution is -2.10. The van der Waals surface area contributed by atoms with Gasteiger partial charge in [-0.3, -0.25) is 0 Å². The summed E-state index contributed by atoms with van der Waals surface area (Å²) in [6.07, 6.45) is 4.57. The van der Waals surface area contributed by atoms with Crippen LogP contribution >= 0.6 is 11.6 Å². The van der Waals surface area contributed by atoms with Gasteiger partial charge in [-0.2, -0.15) is 0 Å². The molecule has 0 aromatic rings. The molecule has 0 fully saturated rings. The summed E-state index contributed by atoms with van der Waals surface area (Å²) in [5.74, 6) is 0.246. The van der Waals surface area contributed by atoms with Crippen molar-refractivity contribution < 1.29 is 5.11 Å². The summed E-state index contributed by atoms with van der Waals surface area (Å²) in [5.41, 5.74) is 4.99. The Hall–Kier alpha value is -0.860. The SMILES string of the molecule is C=C/N=C(/Cl)C1=C(C)CC2=C1[C@H](CO)CC2. The molecule has 2 nitrogen and oxygen atoms in total. The monoisotopic (exact) mass is 237 g/mol. The molecule has 0 unspecified atom stereocenters. The number of halogens is 1. The fourth-order valence-electron chi connectivity index (χ4n) is 2.73. The maximum atomic E-state index is 9.37. The largest absolute Gasteiger partial charge is 0.396 e. The van der Waals surface area contributed by atoms with Crippen LogP contribution in [-0.2, 0) is 0 Å². The van der Waals surface area contributed by atoms with E-state index in [4.69, 9.17) is 11.6 Å². The quantitative estimate of drug-likeness (QED) is 0.752. The van der Waals surface area contributed by atoms with Gasteiger partial charge in [0.25, 0.3) is 0 Å². The molecule has 0 aromatic heterocycles. The van der Waals surface area contributed by atoms with E-state index in [0.717, 1.165) is 24.8 Å². The number of rotatable bonds is 3. The molecule has 2 aliphatic carbocycles. The van der Waals surface area contributed by atoms with Crippen molar-refractivity contribution in [3.63, 3.8) is 0 Å². The summed E-state index contributed by atoms with van der Waals surface area (Å²) in [6, 6.07) is 0. The highest BCUT2D eigenvalue weighted by Crippen LogP contribution is 2.46. The van der Waals surface area contributed by atoms with Crippen LogP contribution in [0.4, 0.5) is 0 Å². The van der Waals surface area contributed by atoms with Crippen LogP contribution in [-0.4, -0.2) is 16.9 Å². The third-order valence-electron chi connectivity index (χ3n) is 3.39. The Morgan fingerprint density at radius 2 is 2.44 bits per heavy atom. The van der Waals surface area contributed by atoms with Gasteiger partial charge in [0.15, 0.2) is 0 Å². The Morgan fingerprint density at radius 1 is 1.69 bits per heavy atom. The number of allylic oxidation sites excluding steroid dienone is 3. The topological polar surface area (TPSA) is 32.6 Å². The normalized spacial score (nSPS) is 25.4. The highest BCUT2D eigenvalue weighted by molar-refractivity contribution is 6.70. The van der Waals surface area contributed by atoms with Crippen LogP contribution in [0, 0.1) is 5.92 Å². The van der Waals surface area contributed by atoms with Crippen molar-refractivity contribution in [1.29, 1.82) is 0 Å². The number of aliphatic hydroxyl groups excluding tert-OH is 1. The summed E-state index contributed by atoms with van der Waals surface area (Å²) in [6.45, 7) is 5.85. The first-order chi connectivity index (χ1) is 7.69. The smallest absolute Gasteiger partial charge is 0.136 e. The summed E-state index contributed by atoms with van der Waals surface area (Å²) < 4.78 is 0. The van der Waals surface area contributed by atoms with Crippen LogP contribution in [0.5, 0.6) is 0 Å². The molecule has 2 rings (SSSR count). The van der Waals surface area contributed by atoms with Crippen LogP contribution in [0.2, 0.25) is 0 Å². The molecule has 2 aliphatic rings. The van der Waals surface area contributed by atoms with Crippen LogP contribution in [0.3, 0.4) is 0 Å². The fraction of sp³-hybridized carbons (Fsp3) is 0.462. The van der Waals surface area contributed by atoms with Gasteiger partial charge < -0.3 is 5.11 Å². The maximum Gasteiger partial charge on any atom is 0.136 e. The molecule has 0 bridgehead atoms. The summed E-state index contributed by atoms with van der Waals surface area (Å²) >= 11 is 6.18. The van der Waals surface area contributed by atoms with Gasteiger partial charge in [-0.1, -0.05) is 29.3 Å². The van der Waals surface area contributed by atoms with E-state index in [1.54, 1.807) is 0 Å². The Balaban J connectivity index is 2.40. The second-order valence-corrected chi connectivity index (χ2v) is 4.73. The lowest BCUT2D eigenvalue weighted by Gasteiger charge is -2.14. The Labute approximate surface area is 101 Å². The molecule has 3 heteroatoms. The highest BCUT2D eigenvalue weighted by Gasteiger charge is 2.34. The Kier molecular flexibility index (Phi) is 3.31. The molecule has 0 spiro atoms. The molecule has 0 saturated heterocycles. The van der Waals surface area contributed by atoms with E-state index in [1.165, 1.54) is 22.9 Å². The maximum absolute atomic E-state index is 9.37. The molecule has 0 heterocycles. The third-order valence-corrected chi connectivity index (χ3v) is 3.68. The second kappa shape index (κ2) is 4.56. The Bertz CT molecular complexity index is 418. The first-order valence-corrected chi connectivity index (χ1v) is 5.94. The van der Waals surface area contributed by atoms with Crippen molar-refractivity contribution in [3.05, 3.63) is 35.1 Å². The molecule has 16 heavy (non-hydrogen) atoms. The van der Waals surface area contributed by atoms with E-state index in [-0.39, 0.29) is 12.5 Å². The van der Waals surface area contributed by atoms with Gasteiger partial charge in [0.1, 0.15) is 5.17 Å². The van der Waals surface area contributed by atoms with E-state index < -0.39 is 0 Å². The molecule has 86 valence electrons. The average molecular weight is 238 g/mol. The molecule has 1 atom stereocenters. The molecular weight excluding hydrogens is 222 g/mol. The molecule has 0 aromatic carbocycles. The minimum absolute atomic E-state index is 0.202.